The van der Waals surface area contributed by atoms with E-state index in [0.717, 1.165) is 5.56 Å². The highest BCUT2D eigenvalue weighted by Crippen LogP contribution is 2.23. The summed E-state index contributed by atoms with van der Waals surface area (Å²) in [5.74, 6) is -0.818. The van der Waals surface area contributed by atoms with E-state index in [2.05, 4.69) is 35.8 Å². The Hall–Kier alpha value is -2.24. The van der Waals surface area contributed by atoms with Gasteiger partial charge in [-0.3, -0.25) is 0 Å². The molecule has 0 spiro atoms. The monoisotopic (exact) mass is 246 g/mol. The van der Waals surface area contributed by atoms with Crippen molar-refractivity contribution in [3.8, 4) is 5.82 Å². The molecule has 0 saturated heterocycles. The van der Waals surface area contributed by atoms with Crippen molar-refractivity contribution in [2.24, 2.45) is 0 Å². The van der Waals surface area contributed by atoms with Crippen LogP contribution < -0.4 is 0 Å². The number of pyridine rings is 1. The van der Waals surface area contributed by atoms with Crippen LogP contribution in [0.1, 0.15) is 37.0 Å². The lowest BCUT2D eigenvalue weighted by atomic mass is 9.88. The van der Waals surface area contributed by atoms with E-state index in [0.29, 0.717) is 5.82 Å². The molecular weight excluding hydrogens is 232 g/mol. The Morgan fingerprint density at radius 3 is 2.67 bits per heavy atom. The molecule has 0 saturated carbocycles. The number of aromatic carboxylic acids is 1. The third kappa shape index (κ3) is 2.22. The van der Waals surface area contributed by atoms with Crippen LogP contribution in [0.5, 0.6) is 0 Å². The lowest BCUT2D eigenvalue weighted by molar-refractivity contribution is 0.0680. The summed E-state index contributed by atoms with van der Waals surface area (Å²) in [6.07, 6.45) is 2.85. The summed E-state index contributed by atoms with van der Waals surface area (Å²) >= 11 is 0. The van der Waals surface area contributed by atoms with Crippen molar-refractivity contribution >= 4 is 5.97 Å². The molecule has 0 aliphatic carbocycles. The molecule has 1 N–H and O–H groups in total. The molecule has 0 aliphatic rings. The molecule has 0 aromatic carbocycles. The first kappa shape index (κ1) is 12.2. The molecule has 0 aliphatic heterocycles. The third-order valence-electron chi connectivity index (χ3n) is 2.57. The molecule has 2 aromatic heterocycles. The number of carbonyl (C=O) groups is 1. The first-order valence-corrected chi connectivity index (χ1v) is 5.50. The Labute approximate surface area is 104 Å². The maximum absolute atomic E-state index is 11.0. The maximum Gasteiger partial charge on any atom is 0.374 e. The molecule has 6 nitrogen and oxygen atoms in total. The normalized spacial score (nSPS) is 11.5. The van der Waals surface area contributed by atoms with Gasteiger partial charge in [0.25, 0.3) is 0 Å². The van der Waals surface area contributed by atoms with E-state index in [4.69, 9.17) is 5.11 Å². The fourth-order valence-electron chi connectivity index (χ4n) is 1.56. The second kappa shape index (κ2) is 4.21. The Bertz CT molecular complexity index is 584. The van der Waals surface area contributed by atoms with Gasteiger partial charge in [0.05, 0.1) is 0 Å². The van der Waals surface area contributed by atoms with Gasteiger partial charge in [0.1, 0.15) is 6.33 Å². The zero-order chi connectivity index (χ0) is 13.3. The van der Waals surface area contributed by atoms with Crippen LogP contribution in [0.15, 0.2) is 24.7 Å². The Morgan fingerprint density at radius 1 is 1.33 bits per heavy atom. The van der Waals surface area contributed by atoms with Gasteiger partial charge in [0, 0.05) is 6.20 Å². The number of rotatable bonds is 2. The van der Waals surface area contributed by atoms with Crippen LogP contribution in [0, 0.1) is 0 Å². The van der Waals surface area contributed by atoms with Crippen LogP contribution in [0.4, 0.5) is 0 Å². The highest BCUT2D eigenvalue weighted by molar-refractivity contribution is 5.83. The number of nitrogens with zero attached hydrogens (tertiary/aromatic N) is 4. The standard InChI is InChI=1S/C12H14N4O2/c1-12(2,3)8-4-5-13-9(6-8)16-10(11(17)18)14-7-15-16/h4-7H,1-3H3,(H,17,18). The molecular formula is C12H14N4O2. The molecule has 0 bridgehead atoms. The van der Waals surface area contributed by atoms with Crippen molar-refractivity contribution in [1.82, 2.24) is 19.7 Å². The van der Waals surface area contributed by atoms with Crippen molar-refractivity contribution in [2.45, 2.75) is 26.2 Å². The van der Waals surface area contributed by atoms with Crippen LogP contribution in [-0.2, 0) is 5.41 Å². The fourth-order valence-corrected chi connectivity index (χ4v) is 1.56. The first-order valence-electron chi connectivity index (χ1n) is 5.50. The topological polar surface area (TPSA) is 80.9 Å². The van der Waals surface area contributed by atoms with Crippen molar-refractivity contribution in [2.75, 3.05) is 0 Å². The van der Waals surface area contributed by atoms with Crippen molar-refractivity contribution < 1.29 is 9.90 Å². The van der Waals surface area contributed by atoms with E-state index in [9.17, 15) is 4.79 Å². The summed E-state index contributed by atoms with van der Waals surface area (Å²) in [6.45, 7) is 6.22. The summed E-state index contributed by atoms with van der Waals surface area (Å²) in [5.41, 5.74) is 1.01. The molecule has 2 heterocycles. The lowest BCUT2D eigenvalue weighted by Crippen LogP contribution is -2.14. The summed E-state index contributed by atoms with van der Waals surface area (Å²) in [6, 6.07) is 3.72. The summed E-state index contributed by atoms with van der Waals surface area (Å²) in [7, 11) is 0. The Balaban J connectivity index is 2.52. The summed E-state index contributed by atoms with van der Waals surface area (Å²) in [4.78, 5) is 18.8. The predicted molar refractivity (Wildman–Crippen MR) is 64.8 cm³/mol. The van der Waals surface area contributed by atoms with Crippen LogP contribution >= 0.6 is 0 Å². The quantitative estimate of drug-likeness (QED) is 0.871. The van der Waals surface area contributed by atoms with Crippen LogP contribution in [0.2, 0.25) is 0 Å². The van der Waals surface area contributed by atoms with E-state index in [1.54, 1.807) is 6.20 Å². The van der Waals surface area contributed by atoms with Gasteiger partial charge in [-0.1, -0.05) is 20.8 Å². The molecule has 0 fully saturated rings. The van der Waals surface area contributed by atoms with Gasteiger partial charge in [-0.2, -0.15) is 9.78 Å². The summed E-state index contributed by atoms with van der Waals surface area (Å²) in [5, 5.41) is 12.9. The number of carboxylic acid groups (broad SMARTS) is 1. The lowest BCUT2D eigenvalue weighted by Gasteiger charge is -2.19. The van der Waals surface area contributed by atoms with Crippen molar-refractivity contribution in [1.29, 1.82) is 0 Å². The molecule has 0 amide bonds. The van der Waals surface area contributed by atoms with Gasteiger partial charge in [-0.15, -0.1) is 0 Å². The van der Waals surface area contributed by atoms with Crippen molar-refractivity contribution in [3.05, 3.63) is 36.0 Å². The average Bonchev–Trinajstić information content (AvgIpc) is 2.77. The average molecular weight is 246 g/mol. The second-order valence-electron chi connectivity index (χ2n) is 4.95. The van der Waals surface area contributed by atoms with E-state index in [-0.39, 0.29) is 11.2 Å². The minimum Gasteiger partial charge on any atom is -0.475 e. The first-order chi connectivity index (χ1) is 8.39. The zero-order valence-corrected chi connectivity index (χ0v) is 10.5. The van der Waals surface area contributed by atoms with Gasteiger partial charge < -0.3 is 5.11 Å². The SMILES string of the molecule is CC(C)(C)c1ccnc(-n2ncnc2C(=O)O)c1. The Morgan fingerprint density at radius 2 is 2.06 bits per heavy atom. The zero-order valence-electron chi connectivity index (χ0n) is 10.5. The fraction of sp³-hybridized carbons (Fsp3) is 0.333. The predicted octanol–water partition coefficient (Wildman–Crippen LogP) is 1.66. The highest BCUT2D eigenvalue weighted by Gasteiger charge is 2.18. The molecule has 0 radical (unpaired) electrons. The van der Waals surface area contributed by atoms with Crippen LogP contribution in [0.3, 0.4) is 0 Å². The minimum absolute atomic E-state index is 0.0400. The van der Waals surface area contributed by atoms with Gasteiger partial charge in [0.15, 0.2) is 5.82 Å². The van der Waals surface area contributed by atoms with Crippen molar-refractivity contribution in [3.63, 3.8) is 0 Å². The van der Waals surface area contributed by atoms with Crippen LogP contribution in [-0.4, -0.2) is 30.8 Å². The van der Waals surface area contributed by atoms with E-state index < -0.39 is 5.97 Å². The molecule has 18 heavy (non-hydrogen) atoms. The largest absolute Gasteiger partial charge is 0.475 e. The highest BCUT2D eigenvalue weighted by atomic mass is 16.4. The van der Waals surface area contributed by atoms with E-state index in [1.807, 2.05) is 12.1 Å². The number of carboxylic acids is 1. The molecule has 6 heteroatoms. The number of hydrogen-bond donors (Lipinski definition) is 1. The molecule has 94 valence electrons. The second-order valence-corrected chi connectivity index (χ2v) is 4.95. The third-order valence-corrected chi connectivity index (χ3v) is 2.57. The van der Waals surface area contributed by atoms with Gasteiger partial charge in [-0.25, -0.2) is 14.8 Å². The number of aromatic nitrogens is 4. The Kier molecular flexibility index (Phi) is 2.86. The van der Waals surface area contributed by atoms with Gasteiger partial charge >= 0.3 is 5.97 Å². The molecule has 2 rings (SSSR count). The summed E-state index contributed by atoms with van der Waals surface area (Å²) < 4.78 is 1.22. The van der Waals surface area contributed by atoms with E-state index in [1.165, 1.54) is 11.0 Å². The maximum atomic E-state index is 11.0. The molecule has 2 aromatic rings. The van der Waals surface area contributed by atoms with E-state index >= 15 is 0 Å². The molecule has 0 unspecified atom stereocenters. The molecule has 0 atom stereocenters. The smallest absolute Gasteiger partial charge is 0.374 e. The van der Waals surface area contributed by atoms with Gasteiger partial charge in [-0.05, 0) is 23.1 Å². The number of hydrogen-bond acceptors (Lipinski definition) is 4. The van der Waals surface area contributed by atoms with Crippen LogP contribution in [0.25, 0.3) is 5.82 Å². The minimum atomic E-state index is -1.13. The van der Waals surface area contributed by atoms with Gasteiger partial charge in [0.2, 0.25) is 5.82 Å².